The first kappa shape index (κ1) is 23.5. The van der Waals surface area contributed by atoms with Crippen molar-refractivity contribution >= 4 is 5.97 Å². The third kappa shape index (κ3) is 5.74. The van der Waals surface area contributed by atoms with E-state index in [0.717, 1.165) is 35.1 Å². The summed E-state index contributed by atoms with van der Waals surface area (Å²) in [6.45, 7) is 10.3. The smallest absolute Gasteiger partial charge is 0.333 e. The molecule has 3 nitrogen and oxygen atoms in total. The van der Waals surface area contributed by atoms with Crippen molar-refractivity contribution < 1.29 is 14.6 Å². The van der Waals surface area contributed by atoms with Gasteiger partial charge in [-0.15, -0.1) is 0 Å². The molecule has 0 heterocycles. The number of hydrogen-bond donors (Lipinski definition) is 1. The molecule has 0 spiro atoms. The minimum absolute atomic E-state index is 0.218. The molecular weight excluding hydrogens is 396 g/mol. The second kappa shape index (κ2) is 10.9. The van der Waals surface area contributed by atoms with Gasteiger partial charge < -0.3 is 9.84 Å². The second-order valence-electron chi connectivity index (χ2n) is 8.25. The Morgan fingerprint density at radius 2 is 1.62 bits per heavy atom. The van der Waals surface area contributed by atoms with Gasteiger partial charge in [-0.1, -0.05) is 79.7 Å². The molecule has 3 aromatic carbocycles. The lowest BCUT2D eigenvalue weighted by Gasteiger charge is -2.14. The molecule has 0 bridgehead atoms. The summed E-state index contributed by atoms with van der Waals surface area (Å²) in [5, 5.41) is 9.02. The standard InChI is InChI=1S/C29H32O3/c1-5-21(3)29(31)32-19-26-17-20(2)8-14-28(26)25-13-15-27(22(4)18-25)24-11-9-23(10-12-24)7-6-16-30/h8-15,17-18,30H,3,5-7,16,19H2,1-2,4H3. The van der Waals surface area contributed by atoms with E-state index in [1.54, 1.807) is 0 Å². The lowest BCUT2D eigenvalue weighted by Crippen LogP contribution is -2.07. The summed E-state index contributed by atoms with van der Waals surface area (Å²) in [4.78, 5) is 12.1. The number of benzene rings is 3. The van der Waals surface area contributed by atoms with Gasteiger partial charge in [-0.2, -0.15) is 0 Å². The van der Waals surface area contributed by atoms with E-state index in [0.29, 0.717) is 12.0 Å². The van der Waals surface area contributed by atoms with E-state index in [9.17, 15) is 4.79 Å². The zero-order valence-electron chi connectivity index (χ0n) is 19.3. The van der Waals surface area contributed by atoms with E-state index in [2.05, 4.69) is 74.2 Å². The number of aryl methyl sites for hydroxylation is 3. The highest BCUT2D eigenvalue weighted by Crippen LogP contribution is 2.31. The molecule has 0 fully saturated rings. The van der Waals surface area contributed by atoms with Crippen LogP contribution in [0.4, 0.5) is 0 Å². The van der Waals surface area contributed by atoms with Crippen molar-refractivity contribution in [2.45, 2.75) is 46.6 Å². The maximum absolute atomic E-state index is 12.1. The highest BCUT2D eigenvalue weighted by Gasteiger charge is 2.12. The fourth-order valence-corrected chi connectivity index (χ4v) is 3.80. The van der Waals surface area contributed by atoms with Crippen LogP contribution < -0.4 is 0 Å². The number of aliphatic hydroxyl groups is 1. The third-order valence-corrected chi connectivity index (χ3v) is 5.76. The molecule has 32 heavy (non-hydrogen) atoms. The zero-order chi connectivity index (χ0) is 23.1. The Bertz CT molecular complexity index is 1090. The molecule has 0 aliphatic heterocycles. The van der Waals surface area contributed by atoms with Crippen LogP contribution in [0.1, 0.15) is 42.0 Å². The van der Waals surface area contributed by atoms with Crippen molar-refractivity contribution in [1.29, 1.82) is 0 Å². The molecule has 0 amide bonds. The lowest BCUT2D eigenvalue weighted by molar-refractivity contribution is -0.140. The average molecular weight is 429 g/mol. The molecular formula is C29H32O3. The van der Waals surface area contributed by atoms with Gasteiger partial charge in [0.05, 0.1) is 0 Å². The highest BCUT2D eigenvalue weighted by atomic mass is 16.5. The Labute approximate surface area is 191 Å². The fraction of sp³-hybridized carbons (Fsp3) is 0.276. The van der Waals surface area contributed by atoms with Crippen LogP contribution in [-0.2, 0) is 22.6 Å². The van der Waals surface area contributed by atoms with Crippen LogP contribution in [0, 0.1) is 13.8 Å². The molecule has 0 aliphatic rings. The van der Waals surface area contributed by atoms with E-state index in [-0.39, 0.29) is 19.2 Å². The number of carbonyl (C=O) groups is 1. The molecule has 3 aromatic rings. The predicted octanol–water partition coefficient (Wildman–Crippen LogP) is 6.57. The van der Waals surface area contributed by atoms with Crippen LogP contribution in [0.5, 0.6) is 0 Å². The van der Waals surface area contributed by atoms with E-state index in [4.69, 9.17) is 9.84 Å². The lowest BCUT2D eigenvalue weighted by atomic mass is 9.92. The highest BCUT2D eigenvalue weighted by molar-refractivity contribution is 5.87. The van der Waals surface area contributed by atoms with Gasteiger partial charge in [0.1, 0.15) is 6.61 Å². The SMILES string of the molecule is C=C(CC)C(=O)OCc1cc(C)ccc1-c1ccc(-c2ccc(CCCO)cc2)c(C)c1. The molecule has 0 saturated carbocycles. The number of rotatable bonds is 9. The van der Waals surface area contributed by atoms with E-state index in [1.807, 2.05) is 13.8 Å². The van der Waals surface area contributed by atoms with Gasteiger partial charge in [0, 0.05) is 12.2 Å². The van der Waals surface area contributed by atoms with Gasteiger partial charge in [-0.3, -0.25) is 0 Å². The summed E-state index contributed by atoms with van der Waals surface area (Å²) in [6, 6.07) is 21.3. The van der Waals surface area contributed by atoms with E-state index < -0.39 is 0 Å². The first-order valence-corrected chi connectivity index (χ1v) is 11.2. The van der Waals surface area contributed by atoms with Crippen LogP contribution in [0.3, 0.4) is 0 Å². The second-order valence-corrected chi connectivity index (χ2v) is 8.25. The molecule has 3 heteroatoms. The first-order valence-electron chi connectivity index (χ1n) is 11.2. The van der Waals surface area contributed by atoms with E-state index in [1.165, 1.54) is 22.3 Å². The molecule has 0 atom stereocenters. The van der Waals surface area contributed by atoms with Crippen LogP contribution >= 0.6 is 0 Å². The first-order chi connectivity index (χ1) is 15.4. The molecule has 1 N–H and O–H groups in total. The van der Waals surface area contributed by atoms with Crippen molar-refractivity contribution in [2.24, 2.45) is 0 Å². The number of hydrogen-bond acceptors (Lipinski definition) is 3. The van der Waals surface area contributed by atoms with Gasteiger partial charge in [-0.25, -0.2) is 4.79 Å². The van der Waals surface area contributed by atoms with Gasteiger partial charge in [0.15, 0.2) is 0 Å². The number of aliphatic hydroxyl groups excluding tert-OH is 1. The third-order valence-electron chi connectivity index (χ3n) is 5.76. The maximum Gasteiger partial charge on any atom is 0.333 e. The van der Waals surface area contributed by atoms with Crippen LogP contribution in [0.25, 0.3) is 22.3 Å². The molecule has 0 saturated heterocycles. The van der Waals surface area contributed by atoms with Gasteiger partial charge in [0.25, 0.3) is 0 Å². The summed E-state index contributed by atoms with van der Waals surface area (Å²) in [6.07, 6.45) is 2.26. The summed E-state index contributed by atoms with van der Waals surface area (Å²) >= 11 is 0. The number of esters is 1. The fourth-order valence-electron chi connectivity index (χ4n) is 3.80. The Morgan fingerprint density at radius 1 is 0.938 bits per heavy atom. The molecule has 0 unspecified atom stereocenters. The quantitative estimate of drug-likeness (QED) is 0.310. The summed E-state index contributed by atoms with van der Waals surface area (Å²) < 4.78 is 5.51. The summed E-state index contributed by atoms with van der Waals surface area (Å²) in [5.41, 5.74) is 9.58. The molecule has 0 aliphatic carbocycles. The van der Waals surface area contributed by atoms with Crippen molar-refractivity contribution in [1.82, 2.24) is 0 Å². The largest absolute Gasteiger partial charge is 0.457 e. The monoisotopic (exact) mass is 428 g/mol. The predicted molar refractivity (Wildman–Crippen MR) is 131 cm³/mol. The minimum Gasteiger partial charge on any atom is -0.457 e. The van der Waals surface area contributed by atoms with Gasteiger partial charge >= 0.3 is 5.97 Å². The molecule has 3 rings (SSSR count). The molecule has 0 aromatic heterocycles. The summed E-state index contributed by atoms with van der Waals surface area (Å²) in [5.74, 6) is -0.339. The topological polar surface area (TPSA) is 46.5 Å². The normalized spacial score (nSPS) is 10.8. The Balaban J connectivity index is 1.85. The van der Waals surface area contributed by atoms with Crippen LogP contribution in [0.2, 0.25) is 0 Å². The van der Waals surface area contributed by atoms with Gasteiger partial charge in [-0.05, 0) is 72.1 Å². The Hall–Kier alpha value is -3.17. The van der Waals surface area contributed by atoms with Crippen molar-refractivity contribution in [3.63, 3.8) is 0 Å². The van der Waals surface area contributed by atoms with Gasteiger partial charge in [0.2, 0.25) is 0 Å². The number of ether oxygens (including phenoxy) is 1. The zero-order valence-corrected chi connectivity index (χ0v) is 19.3. The Kier molecular flexibility index (Phi) is 8.02. The molecule has 0 radical (unpaired) electrons. The van der Waals surface area contributed by atoms with Crippen molar-refractivity contribution in [3.8, 4) is 22.3 Å². The molecule has 166 valence electrons. The number of carbonyl (C=O) groups excluding carboxylic acids is 1. The van der Waals surface area contributed by atoms with Crippen molar-refractivity contribution in [3.05, 3.63) is 95.1 Å². The summed E-state index contributed by atoms with van der Waals surface area (Å²) in [7, 11) is 0. The minimum atomic E-state index is -0.339. The van der Waals surface area contributed by atoms with Crippen LogP contribution in [0.15, 0.2) is 72.8 Å². The Morgan fingerprint density at radius 3 is 2.28 bits per heavy atom. The average Bonchev–Trinajstić information content (AvgIpc) is 2.81. The van der Waals surface area contributed by atoms with Crippen LogP contribution in [-0.4, -0.2) is 17.7 Å². The maximum atomic E-state index is 12.1. The van der Waals surface area contributed by atoms with E-state index >= 15 is 0 Å². The van der Waals surface area contributed by atoms with Crippen molar-refractivity contribution in [2.75, 3.05) is 6.61 Å².